The summed E-state index contributed by atoms with van der Waals surface area (Å²) in [5.74, 6) is 0.0250. The first-order chi connectivity index (χ1) is 13.1. The Morgan fingerprint density at radius 1 is 1.21 bits per heavy atom. The van der Waals surface area contributed by atoms with E-state index in [4.69, 9.17) is 4.74 Å². The molecule has 152 valence electrons. The number of carbonyl (C=O) groups is 2. The molecule has 0 unspecified atom stereocenters. The maximum Gasteiger partial charge on any atom is 0.410 e. The highest BCUT2D eigenvalue weighted by molar-refractivity contribution is 7.15. The molecule has 7 nitrogen and oxygen atoms in total. The Labute approximate surface area is 173 Å². The van der Waals surface area contributed by atoms with Crippen molar-refractivity contribution in [1.29, 1.82) is 0 Å². The van der Waals surface area contributed by atoms with E-state index >= 15 is 0 Å². The van der Waals surface area contributed by atoms with Crippen LogP contribution in [0.5, 0.6) is 0 Å². The minimum atomic E-state index is -0.486. The summed E-state index contributed by atoms with van der Waals surface area (Å²) >= 11 is 2.96. The predicted octanol–water partition coefficient (Wildman–Crippen LogP) is 4.58. The normalized spacial score (nSPS) is 15.5. The fourth-order valence-electron chi connectivity index (χ4n) is 2.90. The minimum absolute atomic E-state index is 0.234. The van der Waals surface area contributed by atoms with Crippen molar-refractivity contribution < 1.29 is 14.3 Å². The standard InChI is InChI=1S/C19H26N4O3S2/c1-11-12(2)28-17(20-11)22-15(24)14-10-27-16(21-14)13-6-8-23(9-7-13)18(25)26-19(3,4)5/h10,13H,6-9H2,1-5H3,(H,20,22,24). The van der Waals surface area contributed by atoms with Gasteiger partial charge in [-0.05, 0) is 47.5 Å². The number of nitrogens with zero attached hydrogens (tertiary/aromatic N) is 3. The van der Waals surface area contributed by atoms with Crippen molar-refractivity contribution >= 4 is 39.8 Å². The van der Waals surface area contributed by atoms with Gasteiger partial charge in [-0.1, -0.05) is 0 Å². The van der Waals surface area contributed by atoms with Gasteiger partial charge in [-0.2, -0.15) is 0 Å². The zero-order chi connectivity index (χ0) is 20.5. The average molecular weight is 423 g/mol. The van der Waals surface area contributed by atoms with E-state index in [2.05, 4.69) is 15.3 Å². The van der Waals surface area contributed by atoms with Crippen LogP contribution in [0.3, 0.4) is 0 Å². The first-order valence-corrected chi connectivity index (χ1v) is 11.0. The number of nitrogens with one attached hydrogen (secondary N) is 1. The number of likely N-dealkylation sites (tertiary alicyclic amines) is 1. The average Bonchev–Trinajstić information content (AvgIpc) is 3.21. The largest absolute Gasteiger partial charge is 0.444 e. The summed E-state index contributed by atoms with van der Waals surface area (Å²) in [4.78, 5) is 36.3. The summed E-state index contributed by atoms with van der Waals surface area (Å²) in [6, 6.07) is 0. The van der Waals surface area contributed by atoms with Gasteiger partial charge < -0.3 is 9.64 Å². The number of thiazole rings is 2. The Morgan fingerprint density at radius 3 is 2.46 bits per heavy atom. The first-order valence-electron chi connectivity index (χ1n) is 9.31. The lowest BCUT2D eigenvalue weighted by Crippen LogP contribution is -2.41. The molecule has 0 bridgehead atoms. The van der Waals surface area contributed by atoms with Crippen LogP contribution in [-0.4, -0.2) is 45.6 Å². The fraction of sp³-hybridized carbons (Fsp3) is 0.579. The summed E-state index contributed by atoms with van der Waals surface area (Å²) in [7, 11) is 0. The molecule has 0 atom stereocenters. The molecule has 2 aromatic heterocycles. The van der Waals surface area contributed by atoms with E-state index in [0.29, 0.717) is 23.9 Å². The maximum absolute atomic E-state index is 12.4. The fourth-order valence-corrected chi connectivity index (χ4v) is 4.68. The van der Waals surface area contributed by atoms with Crippen molar-refractivity contribution in [2.45, 2.75) is 59.0 Å². The van der Waals surface area contributed by atoms with Gasteiger partial charge in [0, 0.05) is 29.3 Å². The third-order valence-corrected chi connectivity index (χ3v) is 6.49. The van der Waals surface area contributed by atoms with Gasteiger partial charge in [0.2, 0.25) is 0 Å². The monoisotopic (exact) mass is 422 g/mol. The van der Waals surface area contributed by atoms with Gasteiger partial charge in [-0.3, -0.25) is 10.1 Å². The van der Waals surface area contributed by atoms with Gasteiger partial charge in [-0.15, -0.1) is 22.7 Å². The Balaban J connectivity index is 1.56. The van der Waals surface area contributed by atoms with E-state index in [1.807, 2.05) is 34.6 Å². The molecule has 1 aliphatic heterocycles. The highest BCUT2D eigenvalue weighted by Crippen LogP contribution is 2.31. The molecule has 2 aromatic rings. The molecular weight excluding hydrogens is 396 g/mol. The predicted molar refractivity (Wildman–Crippen MR) is 111 cm³/mol. The zero-order valence-electron chi connectivity index (χ0n) is 16.9. The van der Waals surface area contributed by atoms with Crippen LogP contribution in [0.15, 0.2) is 5.38 Å². The Kier molecular flexibility index (Phi) is 6.04. The molecule has 1 fully saturated rings. The number of rotatable bonds is 3. The van der Waals surface area contributed by atoms with E-state index in [1.165, 1.54) is 22.7 Å². The molecule has 0 spiro atoms. The van der Waals surface area contributed by atoms with Crippen molar-refractivity contribution in [2.75, 3.05) is 18.4 Å². The van der Waals surface area contributed by atoms with Crippen LogP contribution in [-0.2, 0) is 4.74 Å². The number of hydrogen-bond donors (Lipinski definition) is 1. The van der Waals surface area contributed by atoms with E-state index in [0.717, 1.165) is 28.4 Å². The van der Waals surface area contributed by atoms with Crippen molar-refractivity contribution in [3.05, 3.63) is 26.7 Å². The Morgan fingerprint density at radius 2 is 1.89 bits per heavy atom. The van der Waals surface area contributed by atoms with Crippen LogP contribution in [0, 0.1) is 13.8 Å². The molecule has 0 aliphatic carbocycles. The van der Waals surface area contributed by atoms with Gasteiger partial charge in [-0.25, -0.2) is 14.8 Å². The third kappa shape index (κ3) is 5.08. The lowest BCUT2D eigenvalue weighted by Gasteiger charge is -2.32. The second kappa shape index (κ2) is 8.16. The van der Waals surface area contributed by atoms with Crippen LogP contribution in [0.1, 0.15) is 65.6 Å². The number of carbonyl (C=O) groups excluding carboxylic acids is 2. The van der Waals surface area contributed by atoms with Crippen molar-refractivity contribution in [3.8, 4) is 0 Å². The smallest absolute Gasteiger partial charge is 0.410 e. The zero-order valence-corrected chi connectivity index (χ0v) is 18.5. The van der Waals surface area contributed by atoms with Crippen LogP contribution < -0.4 is 5.32 Å². The SMILES string of the molecule is Cc1nc(NC(=O)c2csc(C3CCN(C(=O)OC(C)(C)C)CC3)n2)sc1C. The van der Waals surface area contributed by atoms with E-state index in [9.17, 15) is 9.59 Å². The van der Waals surface area contributed by atoms with Crippen LogP contribution in [0.2, 0.25) is 0 Å². The summed E-state index contributed by atoms with van der Waals surface area (Å²) in [5.41, 5.74) is 0.857. The summed E-state index contributed by atoms with van der Waals surface area (Å²) in [5, 5.41) is 6.16. The van der Waals surface area contributed by atoms with E-state index in [-0.39, 0.29) is 17.9 Å². The molecule has 0 radical (unpaired) electrons. The molecule has 9 heteroatoms. The van der Waals surface area contributed by atoms with Gasteiger partial charge in [0.1, 0.15) is 11.3 Å². The number of aryl methyl sites for hydroxylation is 2. The van der Waals surface area contributed by atoms with Crippen molar-refractivity contribution in [1.82, 2.24) is 14.9 Å². The second-order valence-corrected chi connectivity index (χ2v) is 10.0. The minimum Gasteiger partial charge on any atom is -0.444 e. The third-order valence-electron chi connectivity index (χ3n) is 4.50. The van der Waals surface area contributed by atoms with E-state index in [1.54, 1.807) is 10.3 Å². The van der Waals surface area contributed by atoms with Crippen molar-refractivity contribution in [2.24, 2.45) is 0 Å². The molecule has 2 amide bonds. The Bertz CT molecular complexity index is 841. The number of piperidine rings is 1. The van der Waals surface area contributed by atoms with Gasteiger partial charge in [0.15, 0.2) is 5.13 Å². The molecule has 3 rings (SSSR count). The number of hydrogen-bond acceptors (Lipinski definition) is 7. The number of ether oxygens (including phenoxy) is 1. The highest BCUT2D eigenvalue weighted by atomic mass is 32.1. The van der Waals surface area contributed by atoms with Crippen LogP contribution >= 0.6 is 22.7 Å². The highest BCUT2D eigenvalue weighted by Gasteiger charge is 2.29. The van der Waals surface area contributed by atoms with Gasteiger partial charge in [0.25, 0.3) is 5.91 Å². The first kappa shape index (κ1) is 20.7. The molecular formula is C19H26N4O3S2. The van der Waals surface area contributed by atoms with Gasteiger partial charge in [0.05, 0.1) is 10.7 Å². The van der Waals surface area contributed by atoms with Crippen LogP contribution in [0.25, 0.3) is 0 Å². The summed E-state index contributed by atoms with van der Waals surface area (Å²) in [6.07, 6.45) is 1.37. The molecule has 0 saturated carbocycles. The van der Waals surface area contributed by atoms with Crippen LogP contribution in [0.4, 0.5) is 9.93 Å². The lowest BCUT2D eigenvalue weighted by atomic mass is 9.98. The second-order valence-electron chi connectivity index (χ2n) is 7.93. The molecule has 0 aromatic carbocycles. The maximum atomic E-state index is 12.4. The van der Waals surface area contributed by atoms with E-state index < -0.39 is 5.60 Å². The number of anilines is 1. The number of aromatic nitrogens is 2. The Hall–Kier alpha value is -2.00. The topological polar surface area (TPSA) is 84.4 Å². The quantitative estimate of drug-likeness (QED) is 0.782. The summed E-state index contributed by atoms with van der Waals surface area (Å²) < 4.78 is 5.44. The molecule has 28 heavy (non-hydrogen) atoms. The summed E-state index contributed by atoms with van der Waals surface area (Å²) in [6.45, 7) is 10.8. The lowest BCUT2D eigenvalue weighted by molar-refractivity contribution is 0.0205. The molecule has 1 N–H and O–H groups in total. The molecule has 1 aliphatic rings. The molecule has 1 saturated heterocycles. The molecule has 3 heterocycles. The van der Waals surface area contributed by atoms with Crippen molar-refractivity contribution in [3.63, 3.8) is 0 Å². The van der Waals surface area contributed by atoms with Gasteiger partial charge >= 0.3 is 6.09 Å². The number of amides is 2.